The highest BCUT2D eigenvalue weighted by Crippen LogP contribution is 2.29. The van der Waals surface area contributed by atoms with Crippen molar-refractivity contribution in [1.82, 2.24) is 4.98 Å². The fourth-order valence-electron chi connectivity index (χ4n) is 1.88. The minimum absolute atomic E-state index is 0.00338. The Morgan fingerprint density at radius 2 is 2.18 bits per heavy atom. The van der Waals surface area contributed by atoms with E-state index < -0.39 is 11.6 Å². The molecule has 1 aliphatic rings. The van der Waals surface area contributed by atoms with Crippen molar-refractivity contribution >= 4 is 22.4 Å². The molecule has 1 fully saturated rings. The minimum Gasteiger partial charge on any atom is -0.371 e. The maximum Gasteiger partial charge on any atom is 0.252 e. The van der Waals surface area contributed by atoms with Crippen LogP contribution in [0.3, 0.4) is 0 Å². The molecule has 2 aromatic rings. The van der Waals surface area contributed by atoms with Crippen molar-refractivity contribution in [3.63, 3.8) is 0 Å². The smallest absolute Gasteiger partial charge is 0.252 e. The molecule has 1 aromatic carbocycles. The maximum atomic E-state index is 13.2. The average molecular weight is 324 g/mol. The molecule has 7 heteroatoms. The SMILES string of the molecule is O=C(COCC1CC1)Nc1nc(-c2ccc(F)c(F)c2)cs1. The highest BCUT2D eigenvalue weighted by molar-refractivity contribution is 7.14. The largest absolute Gasteiger partial charge is 0.371 e. The molecule has 1 N–H and O–H groups in total. The first kappa shape index (κ1) is 15.1. The third-order valence-corrected chi connectivity index (χ3v) is 4.01. The van der Waals surface area contributed by atoms with Gasteiger partial charge in [-0.15, -0.1) is 11.3 Å². The minimum atomic E-state index is -0.926. The molecule has 0 radical (unpaired) electrons. The van der Waals surface area contributed by atoms with Crippen molar-refractivity contribution in [2.75, 3.05) is 18.5 Å². The van der Waals surface area contributed by atoms with Crippen LogP contribution >= 0.6 is 11.3 Å². The Hall–Kier alpha value is -1.86. The van der Waals surface area contributed by atoms with Crippen LogP contribution in [0.15, 0.2) is 23.6 Å². The Labute approximate surface area is 130 Å². The second-order valence-corrected chi connectivity index (χ2v) is 6.03. The summed E-state index contributed by atoms with van der Waals surface area (Å²) in [5.74, 6) is -1.50. The van der Waals surface area contributed by atoms with E-state index in [0.29, 0.717) is 28.9 Å². The van der Waals surface area contributed by atoms with E-state index in [0.717, 1.165) is 12.1 Å². The fourth-order valence-corrected chi connectivity index (χ4v) is 2.61. The first-order valence-electron chi connectivity index (χ1n) is 6.90. The second-order valence-electron chi connectivity index (χ2n) is 5.17. The number of ether oxygens (including phenoxy) is 1. The summed E-state index contributed by atoms with van der Waals surface area (Å²) in [5.41, 5.74) is 0.943. The molecular formula is C15H14F2N2O2S. The molecule has 3 rings (SSSR count). The summed E-state index contributed by atoms with van der Waals surface area (Å²) in [5, 5.41) is 4.70. The Bertz CT molecular complexity index is 686. The van der Waals surface area contributed by atoms with Crippen molar-refractivity contribution < 1.29 is 18.3 Å². The van der Waals surface area contributed by atoms with Crippen LogP contribution in [-0.4, -0.2) is 24.1 Å². The van der Waals surface area contributed by atoms with Crippen molar-refractivity contribution in [1.29, 1.82) is 0 Å². The first-order chi connectivity index (χ1) is 10.6. The van der Waals surface area contributed by atoms with Crippen LogP contribution in [0, 0.1) is 17.6 Å². The molecule has 1 saturated carbocycles. The molecule has 1 aromatic heterocycles. The number of nitrogens with one attached hydrogen (secondary N) is 1. The number of rotatable bonds is 6. The van der Waals surface area contributed by atoms with Gasteiger partial charge in [0.15, 0.2) is 16.8 Å². The number of carbonyl (C=O) groups excluding carboxylic acids is 1. The van der Waals surface area contributed by atoms with Gasteiger partial charge in [-0.1, -0.05) is 0 Å². The normalized spacial score (nSPS) is 14.1. The van der Waals surface area contributed by atoms with E-state index in [1.165, 1.54) is 30.2 Å². The van der Waals surface area contributed by atoms with Crippen LogP contribution in [-0.2, 0) is 9.53 Å². The predicted molar refractivity (Wildman–Crippen MR) is 79.6 cm³/mol. The molecule has 116 valence electrons. The number of amides is 1. The highest BCUT2D eigenvalue weighted by Gasteiger charge is 2.21. The van der Waals surface area contributed by atoms with E-state index >= 15 is 0 Å². The summed E-state index contributed by atoms with van der Waals surface area (Å²) in [6, 6.07) is 3.57. The molecule has 4 nitrogen and oxygen atoms in total. The van der Waals surface area contributed by atoms with Gasteiger partial charge in [0.2, 0.25) is 0 Å². The van der Waals surface area contributed by atoms with Gasteiger partial charge in [-0.3, -0.25) is 10.1 Å². The zero-order valence-corrected chi connectivity index (χ0v) is 12.5. The van der Waals surface area contributed by atoms with E-state index in [2.05, 4.69) is 10.3 Å². The Morgan fingerprint density at radius 1 is 1.36 bits per heavy atom. The number of hydrogen-bond acceptors (Lipinski definition) is 4. The van der Waals surface area contributed by atoms with Crippen LogP contribution < -0.4 is 5.32 Å². The quantitative estimate of drug-likeness (QED) is 0.885. The summed E-state index contributed by atoms with van der Waals surface area (Å²) in [4.78, 5) is 15.9. The Morgan fingerprint density at radius 3 is 2.91 bits per heavy atom. The summed E-state index contributed by atoms with van der Waals surface area (Å²) in [6.45, 7) is 0.613. The molecule has 0 aliphatic heterocycles. The Kier molecular flexibility index (Phi) is 4.44. The standard InChI is InChI=1S/C15H14F2N2O2S/c16-11-4-3-10(5-12(11)17)13-8-22-15(18-13)19-14(20)7-21-6-9-1-2-9/h3-5,8-9H,1-2,6-7H2,(H,18,19,20). The van der Waals surface area contributed by atoms with Gasteiger partial charge < -0.3 is 4.74 Å². The van der Waals surface area contributed by atoms with Crippen LogP contribution in [0.4, 0.5) is 13.9 Å². The van der Waals surface area contributed by atoms with Crippen molar-refractivity contribution in [3.05, 3.63) is 35.2 Å². The number of hydrogen-bond donors (Lipinski definition) is 1. The molecule has 0 saturated heterocycles. The molecule has 1 amide bonds. The van der Waals surface area contributed by atoms with Gasteiger partial charge in [0.25, 0.3) is 5.91 Å². The molecule has 0 atom stereocenters. The lowest BCUT2D eigenvalue weighted by Crippen LogP contribution is -2.18. The lowest BCUT2D eigenvalue weighted by Gasteiger charge is -2.03. The van der Waals surface area contributed by atoms with E-state index in [1.807, 2.05) is 0 Å². The summed E-state index contributed by atoms with van der Waals surface area (Å²) in [7, 11) is 0. The highest BCUT2D eigenvalue weighted by atomic mass is 32.1. The number of carbonyl (C=O) groups is 1. The Balaban J connectivity index is 1.57. The molecule has 22 heavy (non-hydrogen) atoms. The van der Waals surface area contributed by atoms with Crippen molar-refractivity contribution in [3.8, 4) is 11.3 Å². The summed E-state index contributed by atoms with van der Waals surface area (Å²) in [6.07, 6.45) is 2.34. The first-order valence-corrected chi connectivity index (χ1v) is 7.78. The van der Waals surface area contributed by atoms with Crippen molar-refractivity contribution in [2.45, 2.75) is 12.8 Å². The number of aromatic nitrogens is 1. The topological polar surface area (TPSA) is 51.2 Å². The molecule has 1 heterocycles. The van der Waals surface area contributed by atoms with Gasteiger partial charge in [0.05, 0.1) is 12.3 Å². The van der Waals surface area contributed by atoms with Gasteiger partial charge in [-0.2, -0.15) is 0 Å². The molecule has 0 bridgehead atoms. The number of benzene rings is 1. The van der Waals surface area contributed by atoms with Crippen LogP contribution in [0.25, 0.3) is 11.3 Å². The summed E-state index contributed by atoms with van der Waals surface area (Å²) >= 11 is 1.22. The zero-order valence-electron chi connectivity index (χ0n) is 11.6. The van der Waals surface area contributed by atoms with Gasteiger partial charge in [-0.25, -0.2) is 13.8 Å². The molecule has 0 spiro atoms. The van der Waals surface area contributed by atoms with E-state index in [4.69, 9.17) is 4.74 Å². The number of halogens is 2. The molecular weight excluding hydrogens is 310 g/mol. The van der Waals surface area contributed by atoms with Gasteiger partial charge >= 0.3 is 0 Å². The van der Waals surface area contributed by atoms with Gasteiger partial charge in [0, 0.05) is 10.9 Å². The lowest BCUT2D eigenvalue weighted by atomic mass is 10.2. The van der Waals surface area contributed by atoms with Crippen LogP contribution in [0.5, 0.6) is 0 Å². The number of thiazole rings is 1. The van der Waals surface area contributed by atoms with Crippen molar-refractivity contribution in [2.24, 2.45) is 5.92 Å². The zero-order chi connectivity index (χ0) is 15.5. The number of anilines is 1. The van der Waals surface area contributed by atoms with Crippen LogP contribution in [0.2, 0.25) is 0 Å². The second kappa shape index (κ2) is 6.50. The van der Waals surface area contributed by atoms with Gasteiger partial charge in [0.1, 0.15) is 6.61 Å². The fraction of sp³-hybridized carbons (Fsp3) is 0.333. The molecule has 0 unspecified atom stereocenters. The van der Waals surface area contributed by atoms with E-state index in [1.54, 1.807) is 5.38 Å². The summed E-state index contributed by atoms with van der Waals surface area (Å²) < 4.78 is 31.4. The third-order valence-electron chi connectivity index (χ3n) is 3.25. The molecule has 1 aliphatic carbocycles. The maximum absolute atomic E-state index is 13.2. The average Bonchev–Trinajstić information content (AvgIpc) is 3.19. The van der Waals surface area contributed by atoms with Gasteiger partial charge in [-0.05, 0) is 37.0 Å². The predicted octanol–water partition coefficient (Wildman–Crippen LogP) is 3.45. The third kappa shape index (κ3) is 3.86. The van der Waals surface area contributed by atoms with E-state index in [9.17, 15) is 13.6 Å². The van der Waals surface area contributed by atoms with Crippen LogP contribution in [0.1, 0.15) is 12.8 Å². The lowest BCUT2D eigenvalue weighted by molar-refractivity contribution is -0.120. The number of nitrogens with zero attached hydrogens (tertiary/aromatic N) is 1. The van der Waals surface area contributed by atoms with E-state index in [-0.39, 0.29) is 12.5 Å². The monoisotopic (exact) mass is 324 g/mol.